The second-order valence-corrected chi connectivity index (χ2v) is 7.02. The summed E-state index contributed by atoms with van der Waals surface area (Å²) < 4.78 is 1.72. The van der Waals surface area contributed by atoms with Gasteiger partial charge < -0.3 is 14.6 Å². The number of carbonyl (C=O) groups is 1. The lowest BCUT2D eigenvalue weighted by Gasteiger charge is -2.40. The molecule has 1 amide bonds. The minimum absolute atomic E-state index is 0.143. The number of hydrogen-bond donors (Lipinski definition) is 1. The van der Waals surface area contributed by atoms with Crippen LogP contribution < -0.4 is 0 Å². The molecule has 138 valence electrons. The van der Waals surface area contributed by atoms with E-state index in [4.69, 9.17) is 0 Å². The zero-order chi connectivity index (χ0) is 18.9. The molecule has 1 aliphatic rings. The molecular weight excluding hydrogens is 338 g/mol. The van der Waals surface area contributed by atoms with Crippen LogP contribution in [0.2, 0.25) is 0 Å². The van der Waals surface area contributed by atoms with Crippen LogP contribution in [0.25, 0.3) is 0 Å². The van der Waals surface area contributed by atoms with Crippen molar-refractivity contribution in [2.24, 2.45) is 7.05 Å². The molecule has 1 fully saturated rings. The number of rotatable bonds is 4. The number of likely N-dealkylation sites (tertiary alicyclic amines) is 1. The molecule has 0 bridgehead atoms. The van der Waals surface area contributed by atoms with E-state index in [1.165, 1.54) is 0 Å². The molecule has 27 heavy (non-hydrogen) atoms. The van der Waals surface area contributed by atoms with Gasteiger partial charge in [-0.1, -0.05) is 60.7 Å². The van der Waals surface area contributed by atoms with Crippen molar-refractivity contribution < 1.29 is 9.90 Å². The second-order valence-electron chi connectivity index (χ2n) is 7.02. The van der Waals surface area contributed by atoms with Gasteiger partial charge in [0.1, 0.15) is 5.60 Å². The van der Waals surface area contributed by atoms with E-state index in [0.29, 0.717) is 12.4 Å². The first kappa shape index (κ1) is 17.5. The lowest BCUT2D eigenvalue weighted by molar-refractivity contribution is -0.00130. The van der Waals surface area contributed by atoms with Gasteiger partial charge in [0.25, 0.3) is 5.91 Å². The zero-order valence-corrected chi connectivity index (χ0v) is 15.3. The highest BCUT2D eigenvalue weighted by Gasteiger charge is 2.47. The van der Waals surface area contributed by atoms with Gasteiger partial charge in [-0.2, -0.15) is 0 Å². The normalized spacial score (nSPS) is 17.3. The number of hydrogen-bond acceptors (Lipinski definition) is 3. The van der Waals surface area contributed by atoms with E-state index >= 15 is 0 Å². The standard InChI is InChI=1S/C22H23N3O2/c1-24-16-14-23-20(24)21(26)25-15-8-13-19(25)22(27,17-9-4-2-5-10-17)18-11-6-3-7-12-18/h2-7,9-12,14,16,19,27H,8,13,15H2,1H3/t19-/m1/s1. The summed E-state index contributed by atoms with van der Waals surface area (Å²) >= 11 is 0. The molecule has 1 aliphatic heterocycles. The van der Waals surface area contributed by atoms with E-state index in [1.807, 2.05) is 67.7 Å². The average molecular weight is 361 g/mol. The first-order valence-corrected chi connectivity index (χ1v) is 9.24. The van der Waals surface area contributed by atoms with Crippen molar-refractivity contribution in [3.8, 4) is 0 Å². The summed E-state index contributed by atoms with van der Waals surface area (Å²) in [5, 5.41) is 12.0. The average Bonchev–Trinajstić information content (AvgIpc) is 3.37. The Morgan fingerprint density at radius 3 is 2.19 bits per heavy atom. The Balaban J connectivity index is 1.80. The predicted molar refractivity (Wildman–Crippen MR) is 103 cm³/mol. The third-order valence-electron chi connectivity index (χ3n) is 5.44. The summed E-state index contributed by atoms with van der Waals surface area (Å²) in [6, 6.07) is 18.9. The summed E-state index contributed by atoms with van der Waals surface area (Å²) in [4.78, 5) is 19.2. The van der Waals surface area contributed by atoms with Crippen LogP contribution in [-0.4, -0.2) is 38.1 Å². The molecule has 2 heterocycles. The molecule has 5 nitrogen and oxygen atoms in total. The van der Waals surface area contributed by atoms with Crippen molar-refractivity contribution >= 4 is 5.91 Å². The van der Waals surface area contributed by atoms with Gasteiger partial charge in [-0.25, -0.2) is 4.98 Å². The first-order valence-electron chi connectivity index (χ1n) is 9.24. The van der Waals surface area contributed by atoms with Gasteiger partial charge in [0.05, 0.1) is 6.04 Å². The van der Waals surface area contributed by atoms with Crippen LogP contribution in [0, 0.1) is 0 Å². The molecule has 1 aromatic heterocycles. The Kier molecular flexibility index (Phi) is 4.54. The highest BCUT2D eigenvalue weighted by atomic mass is 16.3. The van der Waals surface area contributed by atoms with Crippen LogP contribution >= 0.6 is 0 Å². The molecule has 5 heteroatoms. The zero-order valence-electron chi connectivity index (χ0n) is 15.3. The van der Waals surface area contributed by atoms with E-state index in [2.05, 4.69) is 4.98 Å². The molecule has 0 saturated carbocycles. The number of nitrogens with zero attached hydrogens (tertiary/aromatic N) is 3. The largest absolute Gasteiger partial charge is 0.378 e. The van der Waals surface area contributed by atoms with Crippen molar-refractivity contribution in [1.82, 2.24) is 14.5 Å². The van der Waals surface area contributed by atoms with Gasteiger partial charge in [0.2, 0.25) is 0 Å². The lowest BCUT2D eigenvalue weighted by Crippen LogP contribution is -2.50. The number of aliphatic hydroxyl groups is 1. The highest BCUT2D eigenvalue weighted by molar-refractivity contribution is 5.91. The van der Waals surface area contributed by atoms with E-state index in [1.54, 1.807) is 21.9 Å². The maximum atomic E-state index is 13.2. The topological polar surface area (TPSA) is 58.4 Å². The molecular formula is C22H23N3O2. The number of imidazole rings is 1. The van der Waals surface area contributed by atoms with Crippen LogP contribution in [-0.2, 0) is 12.6 Å². The monoisotopic (exact) mass is 361 g/mol. The van der Waals surface area contributed by atoms with E-state index in [0.717, 1.165) is 24.0 Å². The van der Waals surface area contributed by atoms with Crippen molar-refractivity contribution in [3.05, 3.63) is 90.0 Å². The quantitative estimate of drug-likeness (QED) is 0.777. The van der Waals surface area contributed by atoms with Crippen LogP contribution in [0.4, 0.5) is 0 Å². The van der Waals surface area contributed by atoms with Crippen molar-refractivity contribution in [3.63, 3.8) is 0 Å². The molecule has 0 radical (unpaired) electrons. The smallest absolute Gasteiger partial charge is 0.290 e. The fraction of sp³-hybridized carbons (Fsp3) is 0.273. The molecule has 3 aromatic rings. The number of benzene rings is 2. The molecule has 2 aromatic carbocycles. The van der Waals surface area contributed by atoms with Crippen molar-refractivity contribution in [2.45, 2.75) is 24.5 Å². The Labute approximate surface area is 158 Å². The van der Waals surface area contributed by atoms with Gasteiger partial charge in [0, 0.05) is 26.0 Å². The molecule has 1 atom stereocenters. The lowest BCUT2D eigenvalue weighted by atomic mass is 9.79. The molecule has 0 spiro atoms. The second kappa shape index (κ2) is 7.00. The number of aryl methyl sites for hydroxylation is 1. The first-order chi connectivity index (χ1) is 13.1. The molecule has 1 N–H and O–H groups in total. The fourth-order valence-corrected chi connectivity index (χ4v) is 4.08. The van der Waals surface area contributed by atoms with Crippen LogP contribution in [0.15, 0.2) is 73.1 Å². The summed E-state index contributed by atoms with van der Waals surface area (Å²) in [7, 11) is 1.81. The van der Waals surface area contributed by atoms with Crippen molar-refractivity contribution in [2.75, 3.05) is 6.54 Å². The van der Waals surface area contributed by atoms with Crippen LogP contribution in [0.5, 0.6) is 0 Å². The van der Waals surface area contributed by atoms with E-state index in [-0.39, 0.29) is 11.9 Å². The van der Waals surface area contributed by atoms with Gasteiger partial charge in [0.15, 0.2) is 5.82 Å². The third kappa shape index (κ3) is 2.94. The van der Waals surface area contributed by atoms with Crippen molar-refractivity contribution in [1.29, 1.82) is 0 Å². The van der Waals surface area contributed by atoms with Crippen LogP contribution in [0.3, 0.4) is 0 Å². The maximum absolute atomic E-state index is 13.2. The van der Waals surface area contributed by atoms with Gasteiger partial charge >= 0.3 is 0 Å². The molecule has 4 rings (SSSR count). The number of amides is 1. The Morgan fingerprint density at radius 1 is 1.07 bits per heavy atom. The molecule has 0 unspecified atom stereocenters. The highest BCUT2D eigenvalue weighted by Crippen LogP contribution is 2.40. The van der Waals surface area contributed by atoms with E-state index in [9.17, 15) is 9.90 Å². The van der Waals surface area contributed by atoms with Gasteiger partial charge in [-0.3, -0.25) is 4.79 Å². The predicted octanol–water partition coefficient (Wildman–Crippen LogP) is 2.96. The summed E-state index contributed by atoms with van der Waals surface area (Å²) in [6.45, 7) is 0.609. The molecule has 1 saturated heterocycles. The minimum Gasteiger partial charge on any atom is -0.378 e. The minimum atomic E-state index is -1.28. The summed E-state index contributed by atoms with van der Waals surface area (Å²) in [6.07, 6.45) is 4.97. The Morgan fingerprint density at radius 2 is 1.67 bits per heavy atom. The SMILES string of the molecule is Cn1ccnc1C(=O)N1CCC[C@@H]1C(O)(c1ccccc1)c1ccccc1. The third-order valence-corrected chi connectivity index (χ3v) is 5.44. The van der Waals surface area contributed by atoms with E-state index < -0.39 is 5.60 Å². The summed E-state index contributed by atoms with van der Waals surface area (Å²) in [5.74, 6) is 0.251. The summed E-state index contributed by atoms with van der Waals surface area (Å²) in [5.41, 5.74) is 0.307. The maximum Gasteiger partial charge on any atom is 0.290 e. The van der Waals surface area contributed by atoms with Crippen LogP contribution in [0.1, 0.15) is 34.6 Å². The van der Waals surface area contributed by atoms with Gasteiger partial charge in [-0.15, -0.1) is 0 Å². The molecule has 0 aliphatic carbocycles. The Hall–Kier alpha value is -2.92. The van der Waals surface area contributed by atoms with Gasteiger partial charge in [-0.05, 0) is 24.0 Å². The number of carbonyl (C=O) groups excluding carboxylic acids is 1. The Bertz CT molecular complexity index is 882. The fourth-order valence-electron chi connectivity index (χ4n) is 4.08. The number of aromatic nitrogens is 2.